The lowest BCUT2D eigenvalue weighted by atomic mass is 10.3. The Labute approximate surface area is 66.2 Å². The van der Waals surface area contributed by atoms with Crippen molar-refractivity contribution in [3.8, 4) is 0 Å². The average Bonchev–Trinajstić information content (AvgIpc) is 2.32. The lowest BCUT2D eigenvalue weighted by Crippen LogP contribution is -2.35. The topological polar surface area (TPSA) is 32.9 Å². The van der Waals surface area contributed by atoms with Gasteiger partial charge in [0.1, 0.15) is 0 Å². The van der Waals surface area contributed by atoms with Crippen LogP contribution in [-0.2, 0) is 0 Å². The molecule has 3 heteroatoms. The number of nitrogens with one attached hydrogen (secondary N) is 1. The van der Waals surface area contributed by atoms with E-state index in [0.29, 0.717) is 10.0 Å². The standard InChI is InChI=1S/C8H12N2O/c1-10(2,3)8-4-7(6-11)5-9-8/h4-6H,1-3H3/p+1. The van der Waals surface area contributed by atoms with E-state index >= 15 is 0 Å². The lowest BCUT2D eigenvalue weighted by Gasteiger charge is -2.20. The molecule has 0 bridgehead atoms. The largest absolute Gasteiger partial charge is 0.317 e. The molecular formula is C8H13N2O+. The Morgan fingerprint density at radius 2 is 2.09 bits per heavy atom. The van der Waals surface area contributed by atoms with E-state index in [4.69, 9.17) is 0 Å². The van der Waals surface area contributed by atoms with Gasteiger partial charge >= 0.3 is 0 Å². The second kappa shape index (κ2) is 2.51. The van der Waals surface area contributed by atoms with Gasteiger partial charge in [-0.3, -0.25) is 9.28 Å². The quantitative estimate of drug-likeness (QED) is 0.499. The molecule has 0 aliphatic carbocycles. The van der Waals surface area contributed by atoms with Crippen LogP contribution in [0.5, 0.6) is 0 Å². The normalized spacial score (nSPS) is 11.5. The Kier molecular flexibility index (Phi) is 1.83. The molecule has 0 saturated carbocycles. The first kappa shape index (κ1) is 8.01. The number of H-pyrrole nitrogens is 1. The van der Waals surface area contributed by atoms with E-state index in [1.165, 1.54) is 0 Å². The highest BCUT2D eigenvalue weighted by Gasteiger charge is 2.13. The van der Waals surface area contributed by atoms with Crippen molar-refractivity contribution in [2.75, 3.05) is 21.1 Å². The van der Waals surface area contributed by atoms with Crippen molar-refractivity contribution < 1.29 is 4.79 Å². The van der Waals surface area contributed by atoms with Crippen LogP contribution in [-0.4, -0.2) is 32.4 Å². The van der Waals surface area contributed by atoms with Crippen LogP contribution in [0.4, 0.5) is 5.82 Å². The summed E-state index contributed by atoms with van der Waals surface area (Å²) in [7, 11) is 6.13. The van der Waals surface area contributed by atoms with Crippen LogP contribution in [0.25, 0.3) is 0 Å². The number of aldehydes is 1. The maximum absolute atomic E-state index is 10.3. The van der Waals surface area contributed by atoms with E-state index in [1.807, 2.05) is 27.2 Å². The first-order valence-electron chi connectivity index (χ1n) is 3.49. The van der Waals surface area contributed by atoms with Gasteiger partial charge in [0.2, 0.25) is 5.82 Å². The van der Waals surface area contributed by atoms with Crippen molar-refractivity contribution in [3.05, 3.63) is 17.8 Å². The molecule has 0 aromatic carbocycles. The summed E-state index contributed by atoms with van der Waals surface area (Å²) in [4.78, 5) is 13.4. The third-order valence-corrected chi connectivity index (χ3v) is 1.55. The molecule has 0 atom stereocenters. The van der Waals surface area contributed by atoms with Gasteiger partial charge in [0.05, 0.1) is 21.1 Å². The van der Waals surface area contributed by atoms with E-state index in [1.54, 1.807) is 6.20 Å². The van der Waals surface area contributed by atoms with Crippen molar-refractivity contribution in [2.45, 2.75) is 0 Å². The molecule has 0 unspecified atom stereocenters. The summed E-state index contributed by atoms with van der Waals surface area (Å²) < 4.78 is 0.702. The van der Waals surface area contributed by atoms with Gasteiger partial charge in [0, 0.05) is 17.8 Å². The number of aromatic nitrogens is 1. The van der Waals surface area contributed by atoms with Gasteiger partial charge in [-0.15, -0.1) is 0 Å². The number of nitrogens with zero attached hydrogens (tertiary/aromatic N) is 1. The third kappa shape index (κ3) is 1.68. The van der Waals surface area contributed by atoms with Crippen LogP contribution in [0, 0.1) is 0 Å². The summed E-state index contributed by atoms with van der Waals surface area (Å²) in [6.07, 6.45) is 2.56. The van der Waals surface area contributed by atoms with Crippen molar-refractivity contribution in [1.82, 2.24) is 9.47 Å². The minimum absolute atomic E-state index is 0.702. The number of hydrogen-bond acceptors (Lipinski definition) is 1. The molecule has 0 amide bonds. The van der Waals surface area contributed by atoms with Crippen LogP contribution < -0.4 is 4.48 Å². The Balaban J connectivity index is 2.98. The predicted molar refractivity (Wildman–Crippen MR) is 45.7 cm³/mol. The van der Waals surface area contributed by atoms with Gasteiger partial charge in [-0.2, -0.15) is 0 Å². The Hall–Kier alpha value is -1.09. The fourth-order valence-electron chi connectivity index (χ4n) is 0.854. The van der Waals surface area contributed by atoms with Gasteiger partial charge in [-0.25, -0.2) is 0 Å². The molecule has 0 spiro atoms. The Bertz CT molecular complexity index is 257. The van der Waals surface area contributed by atoms with Gasteiger partial charge in [0.15, 0.2) is 6.29 Å². The highest BCUT2D eigenvalue weighted by atomic mass is 16.1. The summed E-state index contributed by atoms with van der Waals surface area (Å²) in [6, 6.07) is 1.85. The van der Waals surface area contributed by atoms with Gasteiger partial charge < -0.3 is 4.98 Å². The predicted octanol–water partition coefficient (Wildman–Crippen LogP) is 1.02. The molecule has 0 aliphatic heterocycles. The fourth-order valence-corrected chi connectivity index (χ4v) is 0.854. The summed E-state index contributed by atoms with van der Waals surface area (Å²) in [5.74, 6) is 1.03. The molecule has 1 rings (SSSR count). The van der Waals surface area contributed by atoms with Crippen molar-refractivity contribution in [1.29, 1.82) is 0 Å². The average molecular weight is 153 g/mol. The molecule has 1 N–H and O–H groups in total. The van der Waals surface area contributed by atoms with Crippen molar-refractivity contribution >= 4 is 12.1 Å². The smallest absolute Gasteiger partial charge is 0.205 e. The van der Waals surface area contributed by atoms with Crippen LogP contribution in [0.15, 0.2) is 12.3 Å². The molecule has 1 heterocycles. The number of aromatic amines is 1. The van der Waals surface area contributed by atoms with Crippen LogP contribution in [0.2, 0.25) is 0 Å². The first-order valence-corrected chi connectivity index (χ1v) is 3.49. The van der Waals surface area contributed by atoms with Crippen molar-refractivity contribution in [3.63, 3.8) is 0 Å². The first-order chi connectivity index (χ1) is 5.04. The molecule has 11 heavy (non-hydrogen) atoms. The van der Waals surface area contributed by atoms with E-state index in [0.717, 1.165) is 12.1 Å². The molecule has 0 saturated heterocycles. The number of quaternary nitrogens is 1. The molecule has 0 fully saturated rings. The fraction of sp³-hybridized carbons (Fsp3) is 0.375. The highest BCUT2D eigenvalue weighted by molar-refractivity contribution is 5.76. The van der Waals surface area contributed by atoms with Crippen molar-refractivity contribution in [2.24, 2.45) is 0 Å². The van der Waals surface area contributed by atoms with Gasteiger partial charge in [0.25, 0.3) is 0 Å². The number of carbonyl (C=O) groups excluding carboxylic acids is 1. The van der Waals surface area contributed by atoms with Crippen LogP contribution >= 0.6 is 0 Å². The van der Waals surface area contributed by atoms with E-state index < -0.39 is 0 Å². The summed E-state index contributed by atoms with van der Waals surface area (Å²) in [6.45, 7) is 0. The summed E-state index contributed by atoms with van der Waals surface area (Å²) >= 11 is 0. The van der Waals surface area contributed by atoms with Gasteiger partial charge in [-0.1, -0.05) is 0 Å². The van der Waals surface area contributed by atoms with E-state index in [9.17, 15) is 4.79 Å². The zero-order chi connectivity index (χ0) is 8.48. The maximum Gasteiger partial charge on any atom is 0.205 e. The molecule has 1 aromatic rings. The Morgan fingerprint density at radius 1 is 1.45 bits per heavy atom. The third-order valence-electron chi connectivity index (χ3n) is 1.55. The summed E-state index contributed by atoms with van der Waals surface area (Å²) in [5, 5.41) is 0. The van der Waals surface area contributed by atoms with Crippen LogP contribution in [0.3, 0.4) is 0 Å². The number of carbonyl (C=O) groups is 1. The monoisotopic (exact) mass is 153 g/mol. The molecule has 3 nitrogen and oxygen atoms in total. The Morgan fingerprint density at radius 3 is 2.36 bits per heavy atom. The van der Waals surface area contributed by atoms with Crippen LogP contribution in [0.1, 0.15) is 10.4 Å². The SMILES string of the molecule is C[N+](C)(C)c1cc(C=O)c[nH]1. The lowest BCUT2D eigenvalue weighted by molar-refractivity contribution is 0.112. The summed E-state index contributed by atoms with van der Waals surface area (Å²) in [5.41, 5.74) is 0.702. The molecular weight excluding hydrogens is 140 g/mol. The van der Waals surface area contributed by atoms with Gasteiger partial charge in [-0.05, 0) is 0 Å². The molecule has 1 aromatic heterocycles. The highest BCUT2D eigenvalue weighted by Crippen LogP contribution is 2.14. The molecule has 0 radical (unpaired) electrons. The second-order valence-corrected chi connectivity index (χ2v) is 3.45. The van der Waals surface area contributed by atoms with E-state index in [-0.39, 0.29) is 0 Å². The zero-order valence-electron chi connectivity index (χ0n) is 7.09. The zero-order valence-corrected chi connectivity index (χ0v) is 7.09. The van der Waals surface area contributed by atoms with E-state index in [2.05, 4.69) is 4.98 Å². The minimum atomic E-state index is 0.702. The number of hydrogen-bond donors (Lipinski definition) is 1. The molecule has 60 valence electrons. The minimum Gasteiger partial charge on any atom is -0.317 e. The maximum atomic E-state index is 10.3. The number of rotatable bonds is 2. The molecule has 0 aliphatic rings. The second-order valence-electron chi connectivity index (χ2n) is 3.45.